The Balaban J connectivity index is 2.06. The number of hydrogen-bond donors (Lipinski definition) is 2. The van der Waals surface area contributed by atoms with Crippen molar-refractivity contribution in [2.75, 3.05) is 0 Å². The van der Waals surface area contributed by atoms with E-state index in [9.17, 15) is 9.50 Å². The first-order valence-electron chi connectivity index (χ1n) is 7.14. The van der Waals surface area contributed by atoms with Crippen molar-refractivity contribution in [1.29, 1.82) is 0 Å². The molecule has 4 heteroatoms. The molecule has 1 heterocycles. The van der Waals surface area contributed by atoms with Crippen molar-refractivity contribution >= 4 is 0 Å². The van der Waals surface area contributed by atoms with E-state index in [0.29, 0.717) is 12.1 Å². The molecule has 2 aromatic rings. The number of halogens is 1. The van der Waals surface area contributed by atoms with Gasteiger partial charge in [-0.2, -0.15) is 0 Å². The quantitative estimate of drug-likeness (QED) is 0.858. The number of pyridine rings is 1. The second-order valence-electron chi connectivity index (χ2n) is 5.47. The highest BCUT2D eigenvalue weighted by Gasteiger charge is 2.23. The largest absolute Gasteiger partial charge is 0.387 e. The highest BCUT2D eigenvalue weighted by molar-refractivity contribution is 5.20. The Hall–Kier alpha value is -1.78. The van der Waals surface area contributed by atoms with Crippen LogP contribution in [-0.4, -0.2) is 16.1 Å². The minimum Gasteiger partial charge on any atom is -0.387 e. The predicted octanol–water partition coefficient (Wildman–Crippen LogP) is 3.07. The topological polar surface area (TPSA) is 45.2 Å². The molecule has 0 aliphatic rings. The van der Waals surface area contributed by atoms with Crippen LogP contribution in [0.3, 0.4) is 0 Å². The van der Waals surface area contributed by atoms with Crippen LogP contribution < -0.4 is 5.32 Å². The summed E-state index contributed by atoms with van der Waals surface area (Å²) in [6.07, 6.45) is 1.06. The number of aliphatic hydroxyl groups is 1. The van der Waals surface area contributed by atoms with E-state index in [1.54, 1.807) is 18.3 Å². The fourth-order valence-corrected chi connectivity index (χ4v) is 2.30. The number of hydrogen-bond acceptors (Lipinski definition) is 3. The van der Waals surface area contributed by atoms with E-state index in [0.717, 1.165) is 5.69 Å². The predicted molar refractivity (Wildman–Crippen MR) is 81.1 cm³/mol. The second kappa shape index (κ2) is 7.29. The zero-order valence-corrected chi connectivity index (χ0v) is 12.3. The number of rotatable bonds is 6. The zero-order valence-electron chi connectivity index (χ0n) is 12.3. The number of nitrogens with one attached hydrogen (secondary N) is 1. The number of aromatic nitrogens is 1. The summed E-state index contributed by atoms with van der Waals surface area (Å²) in [7, 11) is 0. The normalized spacial score (nSPS) is 14.1. The molecule has 3 nitrogen and oxygen atoms in total. The van der Waals surface area contributed by atoms with Gasteiger partial charge in [0.1, 0.15) is 5.82 Å². The number of benzene rings is 1. The average molecular weight is 288 g/mol. The van der Waals surface area contributed by atoms with Gasteiger partial charge < -0.3 is 10.4 Å². The van der Waals surface area contributed by atoms with E-state index >= 15 is 0 Å². The number of nitrogens with zero attached hydrogens (tertiary/aromatic N) is 1. The van der Waals surface area contributed by atoms with Crippen LogP contribution >= 0.6 is 0 Å². The van der Waals surface area contributed by atoms with Gasteiger partial charge >= 0.3 is 0 Å². The molecule has 2 rings (SSSR count). The summed E-state index contributed by atoms with van der Waals surface area (Å²) in [6.45, 7) is 4.67. The molecule has 21 heavy (non-hydrogen) atoms. The highest BCUT2D eigenvalue weighted by atomic mass is 19.1. The maximum absolute atomic E-state index is 13.0. The molecule has 0 amide bonds. The Morgan fingerprint density at radius 1 is 1.14 bits per heavy atom. The lowest BCUT2D eigenvalue weighted by atomic mass is 9.93. The van der Waals surface area contributed by atoms with Crippen LogP contribution in [0.25, 0.3) is 0 Å². The van der Waals surface area contributed by atoms with Gasteiger partial charge in [-0.1, -0.05) is 32.0 Å². The van der Waals surface area contributed by atoms with Crippen molar-refractivity contribution in [3.8, 4) is 0 Å². The third kappa shape index (κ3) is 4.34. The molecule has 0 bridgehead atoms. The van der Waals surface area contributed by atoms with Crippen molar-refractivity contribution in [3.63, 3.8) is 0 Å². The molecule has 1 aromatic heterocycles. The van der Waals surface area contributed by atoms with Crippen LogP contribution in [0.15, 0.2) is 48.7 Å². The Bertz CT molecular complexity index is 542. The highest BCUT2D eigenvalue weighted by Crippen LogP contribution is 2.22. The summed E-state index contributed by atoms with van der Waals surface area (Å²) in [5, 5.41) is 13.9. The van der Waals surface area contributed by atoms with Gasteiger partial charge in [-0.3, -0.25) is 4.98 Å². The van der Waals surface area contributed by atoms with E-state index in [1.165, 1.54) is 12.1 Å². The molecule has 2 N–H and O–H groups in total. The van der Waals surface area contributed by atoms with Crippen LogP contribution in [0.5, 0.6) is 0 Å². The maximum Gasteiger partial charge on any atom is 0.123 e. The van der Waals surface area contributed by atoms with Gasteiger partial charge in [0.05, 0.1) is 11.8 Å². The lowest BCUT2D eigenvalue weighted by Crippen LogP contribution is -2.39. The minimum atomic E-state index is -0.686. The molecular formula is C17H21FN2O. The van der Waals surface area contributed by atoms with Crippen LogP contribution in [0, 0.1) is 11.7 Å². The van der Waals surface area contributed by atoms with Crippen molar-refractivity contribution in [2.24, 2.45) is 5.92 Å². The summed E-state index contributed by atoms with van der Waals surface area (Å²) in [4.78, 5) is 4.26. The molecule has 0 saturated heterocycles. The van der Waals surface area contributed by atoms with Crippen molar-refractivity contribution in [1.82, 2.24) is 10.3 Å². The van der Waals surface area contributed by atoms with E-state index in [2.05, 4.69) is 10.3 Å². The molecule has 0 aliphatic carbocycles. The summed E-state index contributed by atoms with van der Waals surface area (Å²) < 4.78 is 13.0. The Kier molecular flexibility index (Phi) is 5.42. The van der Waals surface area contributed by atoms with Gasteiger partial charge in [-0.25, -0.2) is 4.39 Å². The third-order valence-electron chi connectivity index (χ3n) is 3.51. The average Bonchev–Trinajstić information content (AvgIpc) is 2.48. The smallest absolute Gasteiger partial charge is 0.123 e. The summed E-state index contributed by atoms with van der Waals surface area (Å²) >= 11 is 0. The van der Waals surface area contributed by atoms with Gasteiger partial charge in [0, 0.05) is 18.8 Å². The van der Waals surface area contributed by atoms with E-state index in [4.69, 9.17) is 0 Å². The monoisotopic (exact) mass is 288 g/mol. The summed E-state index contributed by atoms with van der Waals surface area (Å²) in [6, 6.07) is 11.6. The minimum absolute atomic E-state index is 0.127. The first-order chi connectivity index (χ1) is 10.1. The molecule has 0 spiro atoms. The fraction of sp³-hybridized carbons (Fsp3) is 0.353. The zero-order chi connectivity index (χ0) is 15.2. The van der Waals surface area contributed by atoms with Crippen LogP contribution in [-0.2, 0) is 6.54 Å². The lowest BCUT2D eigenvalue weighted by molar-refractivity contribution is 0.104. The molecule has 0 saturated carbocycles. The molecule has 2 atom stereocenters. The summed E-state index contributed by atoms with van der Waals surface area (Å²) in [5.41, 5.74) is 1.64. The lowest BCUT2D eigenvalue weighted by Gasteiger charge is -2.28. The van der Waals surface area contributed by atoms with E-state index in [-0.39, 0.29) is 17.8 Å². The van der Waals surface area contributed by atoms with Gasteiger partial charge in [0.25, 0.3) is 0 Å². The molecular weight excluding hydrogens is 267 g/mol. The molecule has 2 unspecified atom stereocenters. The molecule has 0 fully saturated rings. The van der Waals surface area contributed by atoms with E-state index < -0.39 is 6.10 Å². The van der Waals surface area contributed by atoms with Gasteiger partial charge in [0.2, 0.25) is 0 Å². The van der Waals surface area contributed by atoms with Crippen molar-refractivity contribution < 1.29 is 9.50 Å². The van der Waals surface area contributed by atoms with Gasteiger partial charge in [-0.05, 0) is 35.7 Å². The van der Waals surface area contributed by atoms with Crippen molar-refractivity contribution in [3.05, 3.63) is 65.7 Å². The first kappa shape index (κ1) is 15.6. The van der Waals surface area contributed by atoms with Gasteiger partial charge in [-0.15, -0.1) is 0 Å². The van der Waals surface area contributed by atoms with Gasteiger partial charge in [0.15, 0.2) is 0 Å². The first-order valence-corrected chi connectivity index (χ1v) is 7.14. The third-order valence-corrected chi connectivity index (χ3v) is 3.51. The van der Waals surface area contributed by atoms with Crippen LogP contribution in [0.4, 0.5) is 4.39 Å². The Labute approximate surface area is 124 Å². The van der Waals surface area contributed by atoms with E-state index in [1.807, 2.05) is 32.0 Å². The number of aliphatic hydroxyl groups excluding tert-OH is 1. The maximum atomic E-state index is 13.0. The Morgan fingerprint density at radius 2 is 1.86 bits per heavy atom. The standard InChI is InChI=1S/C17H21FN2O/c1-12(2)16(20-11-15-5-3-4-10-19-15)17(21)13-6-8-14(18)9-7-13/h3-10,12,16-17,20-21H,11H2,1-2H3. The van der Waals surface area contributed by atoms with Crippen molar-refractivity contribution in [2.45, 2.75) is 32.5 Å². The summed E-state index contributed by atoms with van der Waals surface area (Å²) in [5.74, 6) is -0.0674. The van der Waals surface area contributed by atoms with Crippen LogP contribution in [0.2, 0.25) is 0 Å². The molecule has 112 valence electrons. The fourth-order valence-electron chi connectivity index (χ4n) is 2.30. The molecule has 0 aliphatic heterocycles. The SMILES string of the molecule is CC(C)C(NCc1ccccn1)C(O)c1ccc(F)cc1. The molecule has 0 radical (unpaired) electrons. The van der Waals surface area contributed by atoms with Crippen LogP contribution in [0.1, 0.15) is 31.2 Å². The molecule has 1 aromatic carbocycles. The second-order valence-corrected chi connectivity index (χ2v) is 5.47. The Morgan fingerprint density at radius 3 is 2.43 bits per heavy atom.